The van der Waals surface area contributed by atoms with Gasteiger partial charge in [-0.3, -0.25) is 4.90 Å². The summed E-state index contributed by atoms with van der Waals surface area (Å²) >= 11 is 0. The Labute approximate surface area is 105 Å². The van der Waals surface area contributed by atoms with E-state index in [1.807, 2.05) is 0 Å². The van der Waals surface area contributed by atoms with Gasteiger partial charge in [0.2, 0.25) is 0 Å². The predicted octanol–water partition coefficient (Wildman–Crippen LogP) is 2.00. The topological polar surface area (TPSA) is 39.1 Å². The minimum atomic E-state index is -0.182. The average Bonchev–Trinajstić information content (AvgIpc) is 2.59. The van der Waals surface area contributed by atoms with Crippen LogP contribution in [0.2, 0.25) is 0 Å². The van der Waals surface area contributed by atoms with E-state index in [1.54, 1.807) is 0 Å². The molecule has 0 spiro atoms. The Balaban J connectivity index is 2.15. The summed E-state index contributed by atoms with van der Waals surface area (Å²) in [7, 11) is 0. The third-order valence-electron chi connectivity index (χ3n) is 4.69. The molecule has 2 aliphatic rings. The molecule has 3 nitrogen and oxygen atoms in total. The number of nitrogens with zero attached hydrogens (tertiary/aromatic N) is 2. The highest BCUT2D eigenvalue weighted by Crippen LogP contribution is 2.40. The highest BCUT2D eigenvalue weighted by atomic mass is 15.2. The van der Waals surface area contributed by atoms with Crippen LogP contribution >= 0.6 is 0 Å². The zero-order valence-corrected chi connectivity index (χ0v) is 11.2. The molecule has 0 aromatic carbocycles. The summed E-state index contributed by atoms with van der Waals surface area (Å²) in [5, 5.41) is 13.2. The molecule has 3 unspecified atom stereocenters. The third-order valence-corrected chi connectivity index (χ3v) is 4.69. The fourth-order valence-electron chi connectivity index (χ4n) is 3.58. The van der Waals surface area contributed by atoms with Gasteiger partial charge in [0.1, 0.15) is 5.54 Å². The van der Waals surface area contributed by atoms with Crippen LogP contribution in [0.4, 0.5) is 0 Å². The Kier molecular flexibility index (Phi) is 4.06. The van der Waals surface area contributed by atoms with Crippen molar-refractivity contribution in [3.05, 3.63) is 0 Å². The lowest BCUT2D eigenvalue weighted by molar-refractivity contribution is 0.0422. The fraction of sp³-hybridized carbons (Fsp3) is 0.929. The van der Waals surface area contributed by atoms with Gasteiger partial charge >= 0.3 is 0 Å². The van der Waals surface area contributed by atoms with Crippen LogP contribution in [0.5, 0.6) is 0 Å². The summed E-state index contributed by atoms with van der Waals surface area (Å²) in [5.41, 5.74) is -0.182. The molecule has 1 aliphatic carbocycles. The van der Waals surface area contributed by atoms with Crippen LogP contribution in [0.15, 0.2) is 0 Å². The summed E-state index contributed by atoms with van der Waals surface area (Å²) in [4.78, 5) is 2.46. The zero-order chi connectivity index (χ0) is 12.3. The second-order valence-electron chi connectivity index (χ2n) is 5.91. The van der Waals surface area contributed by atoms with Crippen LogP contribution in [0.3, 0.4) is 0 Å². The number of nitriles is 1. The molecule has 0 bridgehead atoms. The van der Waals surface area contributed by atoms with E-state index in [4.69, 9.17) is 0 Å². The van der Waals surface area contributed by atoms with Crippen LogP contribution in [0.1, 0.15) is 39.5 Å². The Morgan fingerprint density at radius 2 is 2.12 bits per heavy atom. The van der Waals surface area contributed by atoms with Crippen molar-refractivity contribution in [1.29, 1.82) is 5.26 Å². The van der Waals surface area contributed by atoms with E-state index in [2.05, 4.69) is 30.1 Å². The number of rotatable bonds is 1. The molecular weight excluding hydrogens is 210 g/mol. The second-order valence-corrected chi connectivity index (χ2v) is 5.91. The summed E-state index contributed by atoms with van der Waals surface area (Å²) in [5.74, 6) is 1.30. The smallest absolute Gasteiger partial charge is 0.111 e. The molecule has 0 radical (unpaired) electrons. The molecule has 2 fully saturated rings. The van der Waals surface area contributed by atoms with Gasteiger partial charge in [0.15, 0.2) is 0 Å². The molecule has 1 heterocycles. The van der Waals surface area contributed by atoms with Crippen LogP contribution < -0.4 is 5.32 Å². The van der Waals surface area contributed by atoms with E-state index in [-0.39, 0.29) is 5.54 Å². The van der Waals surface area contributed by atoms with Gasteiger partial charge in [0, 0.05) is 19.6 Å². The molecule has 1 aliphatic heterocycles. The van der Waals surface area contributed by atoms with E-state index >= 15 is 0 Å². The monoisotopic (exact) mass is 235 g/mol. The summed E-state index contributed by atoms with van der Waals surface area (Å²) in [6.07, 6.45) is 4.65. The first-order chi connectivity index (χ1) is 8.19. The van der Waals surface area contributed by atoms with E-state index in [9.17, 15) is 5.26 Å². The SMILES string of the molecule is CC1CCC(C#N)(N2CCCNCC2)C(C)C1. The number of nitrogens with one attached hydrogen (secondary N) is 1. The normalized spacial score (nSPS) is 40.5. The zero-order valence-electron chi connectivity index (χ0n) is 11.2. The van der Waals surface area contributed by atoms with Crippen LogP contribution in [0, 0.1) is 23.2 Å². The molecule has 1 saturated heterocycles. The highest BCUT2D eigenvalue weighted by molar-refractivity contribution is 5.13. The van der Waals surface area contributed by atoms with Gasteiger partial charge in [-0.25, -0.2) is 0 Å². The maximum absolute atomic E-state index is 9.73. The van der Waals surface area contributed by atoms with Crippen LogP contribution in [0.25, 0.3) is 0 Å². The summed E-state index contributed by atoms with van der Waals surface area (Å²) in [6, 6.07) is 2.68. The van der Waals surface area contributed by atoms with Gasteiger partial charge in [0.25, 0.3) is 0 Å². The van der Waals surface area contributed by atoms with Crippen molar-refractivity contribution in [2.75, 3.05) is 26.2 Å². The molecule has 2 rings (SSSR count). The van der Waals surface area contributed by atoms with Crippen molar-refractivity contribution in [3.63, 3.8) is 0 Å². The number of hydrogen-bond acceptors (Lipinski definition) is 3. The van der Waals surface area contributed by atoms with Gasteiger partial charge in [-0.15, -0.1) is 0 Å². The van der Waals surface area contributed by atoms with E-state index in [0.29, 0.717) is 5.92 Å². The Morgan fingerprint density at radius 3 is 2.82 bits per heavy atom. The van der Waals surface area contributed by atoms with E-state index < -0.39 is 0 Å². The fourth-order valence-corrected chi connectivity index (χ4v) is 3.58. The minimum Gasteiger partial charge on any atom is -0.315 e. The predicted molar refractivity (Wildman–Crippen MR) is 69.6 cm³/mol. The number of hydrogen-bond donors (Lipinski definition) is 1. The standard InChI is InChI=1S/C14H25N3/c1-12-4-5-14(11-15,13(2)10-12)17-8-3-6-16-7-9-17/h12-13,16H,3-10H2,1-2H3. The molecule has 0 aromatic rings. The molecule has 96 valence electrons. The molecule has 17 heavy (non-hydrogen) atoms. The largest absolute Gasteiger partial charge is 0.315 e. The summed E-state index contributed by atoms with van der Waals surface area (Å²) < 4.78 is 0. The van der Waals surface area contributed by atoms with Crippen molar-refractivity contribution in [2.45, 2.75) is 45.1 Å². The first-order valence-electron chi connectivity index (χ1n) is 7.06. The highest BCUT2D eigenvalue weighted by Gasteiger charge is 2.45. The maximum Gasteiger partial charge on any atom is 0.111 e. The quantitative estimate of drug-likeness (QED) is 0.755. The Bertz CT molecular complexity index is 288. The Hall–Kier alpha value is -0.590. The average molecular weight is 235 g/mol. The van der Waals surface area contributed by atoms with Gasteiger partial charge in [-0.1, -0.05) is 13.8 Å². The van der Waals surface area contributed by atoms with Gasteiger partial charge < -0.3 is 5.32 Å². The summed E-state index contributed by atoms with van der Waals surface area (Å²) in [6.45, 7) is 8.85. The van der Waals surface area contributed by atoms with Gasteiger partial charge in [0.05, 0.1) is 6.07 Å². The molecule has 0 amide bonds. The molecular formula is C14H25N3. The lowest BCUT2D eigenvalue weighted by Crippen LogP contribution is -2.55. The third kappa shape index (κ3) is 2.48. The lowest BCUT2D eigenvalue weighted by Gasteiger charge is -2.46. The molecule has 3 atom stereocenters. The lowest BCUT2D eigenvalue weighted by atomic mass is 9.69. The first kappa shape index (κ1) is 12.9. The maximum atomic E-state index is 9.73. The van der Waals surface area contributed by atoms with Crippen LogP contribution in [-0.2, 0) is 0 Å². The van der Waals surface area contributed by atoms with E-state index in [0.717, 1.165) is 38.5 Å². The van der Waals surface area contributed by atoms with Crippen molar-refractivity contribution in [3.8, 4) is 6.07 Å². The van der Waals surface area contributed by atoms with Crippen LogP contribution in [-0.4, -0.2) is 36.6 Å². The molecule has 1 N–H and O–H groups in total. The van der Waals surface area contributed by atoms with Gasteiger partial charge in [-0.05, 0) is 44.1 Å². The van der Waals surface area contributed by atoms with Crippen molar-refractivity contribution in [1.82, 2.24) is 10.2 Å². The van der Waals surface area contributed by atoms with Gasteiger partial charge in [-0.2, -0.15) is 5.26 Å². The first-order valence-corrected chi connectivity index (χ1v) is 7.06. The van der Waals surface area contributed by atoms with Crippen molar-refractivity contribution >= 4 is 0 Å². The van der Waals surface area contributed by atoms with Crippen molar-refractivity contribution in [2.24, 2.45) is 11.8 Å². The molecule has 0 aromatic heterocycles. The molecule has 3 heteroatoms. The van der Waals surface area contributed by atoms with Crippen molar-refractivity contribution < 1.29 is 0 Å². The minimum absolute atomic E-state index is 0.182. The molecule has 1 saturated carbocycles. The van der Waals surface area contributed by atoms with E-state index in [1.165, 1.54) is 19.3 Å². The second kappa shape index (κ2) is 5.37. The Morgan fingerprint density at radius 1 is 1.29 bits per heavy atom.